The number of primary amides is 1. The second-order valence-electron chi connectivity index (χ2n) is 3.38. The van der Waals surface area contributed by atoms with Crippen molar-refractivity contribution in [2.75, 3.05) is 6.61 Å². The molecule has 0 radical (unpaired) electrons. The normalized spacial score (nSPS) is 10.3. The Hall–Kier alpha value is -2.10. The molecule has 0 saturated carbocycles. The molecule has 16 heavy (non-hydrogen) atoms. The maximum Gasteiger partial charge on any atom is 0.250 e. The van der Waals surface area contributed by atoms with Crippen LogP contribution in [0.25, 0.3) is 10.9 Å². The number of nitrogens with zero attached hydrogens (tertiary/aromatic N) is 1. The van der Waals surface area contributed by atoms with Crippen molar-refractivity contribution in [1.29, 1.82) is 0 Å². The van der Waals surface area contributed by atoms with E-state index in [2.05, 4.69) is 4.98 Å². The lowest BCUT2D eigenvalue weighted by Crippen LogP contribution is -2.10. The first-order valence-corrected chi connectivity index (χ1v) is 5.03. The third kappa shape index (κ3) is 1.95. The highest BCUT2D eigenvalue weighted by molar-refractivity contribution is 5.96. The first-order valence-electron chi connectivity index (χ1n) is 5.03. The molecule has 2 N–H and O–H groups in total. The minimum Gasteiger partial charge on any atom is -0.494 e. The number of nitrogens with two attached hydrogens (primary N) is 1. The smallest absolute Gasteiger partial charge is 0.250 e. The molecule has 2 aromatic rings. The molecule has 4 heteroatoms. The molecule has 0 bridgehead atoms. The summed E-state index contributed by atoms with van der Waals surface area (Å²) in [4.78, 5) is 15.1. The first kappa shape index (κ1) is 10.4. The van der Waals surface area contributed by atoms with E-state index in [-0.39, 0.29) is 0 Å². The van der Waals surface area contributed by atoms with Gasteiger partial charge in [0.1, 0.15) is 5.75 Å². The van der Waals surface area contributed by atoms with Crippen LogP contribution in [0.5, 0.6) is 5.75 Å². The zero-order chi connectivity index (χ0) is 11.5. The Bertz CT molecular complexity index is 538. The van der Waals surface area contributed by atoms with E-state index in [4.69, 9.17) is 10.5 Å². The van der Waals surface area contributed by atoms with E-state index in [1.165, 1.54) is 6.20 Å². The molecule has 0 atom stereocenters. The number of aromatic nitrogens is 1. The zero-order valence-corrected chi connectivity index (χ0v) is 8.93. The number of hydrogen-bond donors (Lipinski definition) is 1. The third-order valence-electron chi connectivity index (χ3n) is 2.25. The highest BCUT2D eigenvalue weighted by Gasteiger charge is 2.03. The maximum atomic E-state index is 11.0. The number of carbonyl (C=O) groups is 1. The fourth-order valence-electron chi connectivity index (χ4n) is 1.49. The molecule has 0 fully saturated rings. The predicted molar refractivity (Wildman–Crippen MR) is 61.4 cm³/mol. The van der Waals surface area contributed by atoms with Crippen molar-refractivity contribution >= 4 is 16.8 Å². The van der Waals surface area contributed by atoms with Gasteiger partial charge in [-0.05, 0) is 25.1 Å². The van der Waals surface area contributed by atoms with E-state index in [1.807, 2.05) is 25.1 Å². The van der Waals surface area contributed by atoms with Crippen molar-refractivity contribution in [3.63, 3.8) is 0 Å². The molecule has 82 valence electrons. The van der Waals surface area contributed by atoms with Gasteiger partial charge in [0.15, 0.2) is 0 Å². The second kappa shape index (κ2) is 4.18. The van der Waals surface area contributed by atoms with Gasteiger partial charge in [0.2, 0.25) is 5.91 Å². The lowest BCUT2D eigenvalue weighted by atomic mass is 10.1. The zero-order valence-electron chi connectivity index (χ0n) is 8.93. The third-order valence-corrected chi connectivity index (χ3v) is 2.25. The van der Waals surface area contributed by atoms with E-state index < -0.39 is 5.91 Å². The van der Waals surface area contributed by atoms with E-state index in [1.54, 1.807) is 6.07 Å². The van der Waals surface area contributed by atoms with Crippen LogP contribution in [-0.2, 0) is 0 Å². The number of fused-ring (bicyclic) bond motifs is 1. The lowest BCUT2D eigenvalue weighted by Gasteiger charge is -2.04. The Morgan fingerprint density at radius 1 is 1.44 bits per heavy atom. The summed E-state index contributed by atoms with van der Waals surface area (Å²) < 4.78 is 5.36. The molecule has 4 nitrogen and oxygen atoms in total. The van der Waals surface area contributed by atoms with Crippen LogP contribution in [0.1, 0.15) is 17.3 Å². The monoisotopic (exact) mass is 216 g/mol. The predicted octanol–water partition coefficient (Wildman–Crippen LogP) is 1.73. The van der Waals surface area contributed by atoms with Crippen LogP contribution < -0.4 is 10.5 Å². The van der Waals surface area contributed by atoms with Crippen LogP contribution in [0.3, 0.4) is 0 Å². The van der Waals surface area contributed by atoms with Crippen LogP contribution >= 0.6 is 0 Å². The van der Waals surface area contributed by atoms with Crippen LogP contribution in [0, 0.1) is 0 Å². The van der Waals surface area contributed by atoms with Crippen LogP contribution in [0.2, 0.25) is 0 Å². The molecule has 0 unspecified atom stereocenters. The Morgan fingerprint density at radius 2 is 2.25 bits per heavy atom. The van der Waals surface area contributed by atoms with Crippen LogP contribution in [0.4, 0.5) is 0 Å². The quantitative estimate of drug-likeness (QED) is 0.849. The number of ether oxygens (including phenoxy) is 1. The average molecular weight is 216 g/mol. The summed E-state index contributed by atoms with van der Waals surface area (Å²) in [7, 11) is 0. The van der Waals surface area contributed by atoms with Crippen LogP contribution in [0.15, 0.2) is 30.5 Å². The summed E-state index contributed by atoms with van der Waals surface area (Å²) >= 11 is 0. The molecule has 0 spiro atoms. The van der Waals surface area contributed by atoms with Gasteiger partial charge in [-0.3, -0.25) is 9.78 Å². The van der Waals surface area contributed by atoms with Gasteiger partial charge in [-0.1, -0.05) is 0 Å². The minimum absolute atomic E-state index is 0.414. The van der Waals surface area contributed by atoms with Crippen molar-refractivity contribution in [3.05, 3.63) is 36.0 Å². The van der Waals surface area contributed by atoms with Gasteiger partial charge in [0.05, 0.1) is 17.7 Å². The summed E-state index contributed by atoms with van der Waals surface area (Å²) in [6, 6.07) is 7.27. The second-order valence-corrected chi connectivity index (χ2v) is 3.38. The van der Waals surface area contributed by atoms with E-state index in [0.29, 0.717) is 12.2 Å². The number of benzene rings is 1. The summed E-state index contributed by atoms with van der Waals surface area (Å²) in [5.41, 5.74) is 6.38. The Morgan fingerprint density at radius 3 is 2.94 bits per heavy atom. The molecular weight excluding hydrogens is 204 g/mol. The Kier molecular flexibility index (Phi) is 2.72. The highest BCUT2D eigenvalue weighted by Crippen LogP contribution is 2.19. The number of amides is 1. The molecule has 2 rings (SSSR count). The molecule has 0 aliphatic carbocycles. The molecule has 1 amide bonds. The van der Waals surface area contributed by atoms with Gasteiger partial charge in [0, 0.05) is 17.6 Å². The van der Waals surface area contributed by atoms with Gasteiger partial charge >= 0.3 is 0 Å². The number of rotatable bonds is 3. The molecule has 1 aromatic carbocycles. The number of carbonyl (C=O) groups excluding carboxylic acids is 1. The molecule has 1 aromatic heterocycles. The summed E-state index contributed by atoms with van der Waals surface area (Å²) in [6.45, 7) is 2.54. The molecule has 0 saturated heterocycles. The lowest BCUT2D eigenvalue weighted by molar-refractivity contribution is 0.1000. The van der Waals surface area contributed by atoms with E-state index in [9.17, 15) is 4.79 Å². The number of hydrogen-bond acceptors (Lipinski definition) is 3. The largest absolute Gasteiger partial charge is 0.494 e. The van der Waals surface area contributed by atoms with Gasteiger partial charge in [0.25, 0.3) is 0 Å². The van der Waals surface area contributed by atoms with Crippen LogP contribution in [-0.4, -0.2) is 17.5 Å². The highest BCUT2D eigenvalue weighted by atomic mass is 16.5. The van der Waals surface area contributed by atoms with Crippen molar-refractivity contribution in [3.8, 4) is 5.75 Å². The van der Waals surface area contributed by atoms with Crippen molar-refractivity contribution in [2.24, 2.45) is 5.73 Å². The summed E-state index contributed by atoms with van der Waals surface area (Å²) in [6.07, 6.45) is 1.47. The van der Waals surface area contributed by atoms with E-state index >= 15 is 0 Å². The summed E-state index contributed by atoms with van der Waals surface area (Å²) in [5, 5.41) is 0.875. The standard InChI is InChI=1S/C12H12N2O2/c1-2-16-10-4-3-8-5-9(12(13)15)7-14-11(8)6-10/h3-7H,2H2,1H3,(H2,13,15). The average Bonchev–Trinajstić information content (AvgIpc) is 2.28. The maximum absolute atomic E-state index is 11.0. The first-order chi connectivity index (χ1) is 7.70. The van der Waals surface area contributed by atoms with Gasteiger partial charge in [-0.25, -0.2) is 0 Å². The number of pyridine rings is 1. The topological polar surface area (TPSA) is 65.2 Å². The van der Waals surface area contributed by atoms with E-state index in [0.717, 1.165) is 16.7 Å². The molecule has 0 aliphatic heterocycles. The SMILES string of the molecule is CCOc1ccc2cc(C(N)=O)cnc2c1. The van der Waals surface area contributed by atoms with Gasteiger partial charge < -0.3 is 10.5 Å². The fourth-order valence-corrected chi connectivity index (χ4v) is 1.49. The van der Waals surface area contributed by atoms with Crippen molar-refractivity contribution in [2.45, 2.75) is 6.92 Å². The van der Waals surface area contributed by atoms with Gasteiger partial charge in [-0.2, -0.15) is 0 Å². The molecule has 0 aliphatic rings. The molecular formula is C12H12N2O2. The van der Waals surface area contributed by atoms with Crippen molar-refractivity contribution in [1.82, 2.24) is 4.98 Å². The minimum atomic E-state index is -0.469. The summed E-state index contributed by atoms with van der Waals surface area (Å²) in [5.74, 6) is 0.303. The Balaban J connectivity index is 2.48. The molecule has 1 heterocycles. The van der Waals surface area contributed by atoms with Gasteiger partial charge in [-0.15, -0.1) is 0 Å². The Labute approximate surface area is 93.0 Å². The fraction of sp³-hybridized carbons (Fsp3) is 0.167. The van der Waals surface area contributed by atoms with Crippen molar-refractivity contribution < 1.29 is 9.53 Å².